The molecule has 0 aromatic carbocycles. The second-order valence-electron chi connectivity index (χ2n) is 7.74. The standard InChI is InChI=1S/C20H36Br2N4O2.2ClH/c21-7-5-19(27)25-15-11-23(12-16-25)9-3-1-2-4-10-24-13-17-26(18-14-24)20(28)6-8-22;;/h1-18H2;2*1H. The molecule has 6 nitrogen and oxygen atoms in total. The summed E-state index contributed by atoms with van der Waals surface area (Å²) in [6.45, 7) is 9.94. The average Bonchev–Trinajstić information content (AvgIpc) is 2.72. The van der Waals surface area contributed by atoms with Crippen LogP contribution in [0.3, 0.4) is 0 Å². The number of nitrogens with zero attached hydrogens (tertiary/aromatic N) is 4. The van der Waals surface area contributed by atoms with Crippen molar-refractivity contribution < 1.29 is 9.59 Å². The van der Waals surface area contributed by atoms with E-state index in [1.807, 2.05) is 9.80 Å². The SMILES string of the molecule is Cl.Cl.O=C(CCBr)N1CCN(CCCCCCN2CCN(C(=O)CCBr)CC2)CC1. The molecule has 0 unspecified atom stereocenters. The van der Waals surface area contributed by atoms with Gasteiger partial charge in [0.15, 0.2) is 0 Å². The van der Waals surface area contributed by atoms with Crippen LogP contribution in [0.4, 0.5) is 0 Å². The molecule has 2 fully saturated rings. The largest absolute Gasteiger partial charge is 0.340 e. The minimum Gasteiger partial charge on any atom is -0.340 e. The van der Waals surface area contributed by atoms with E-state index in [0.29, 0.717) is 12.8 Å². The van der Waals surface area contributed by atoms with E-state index < -0.39 is 0 Å². The van der Waals surface area contributed by atoms with Crippen molar-refractivity contribution >= 4 is 68.5 Å². The molecule has 2 rings (SSSR count). The number of halogens is 4. The zero-order valence-corrected chi connectivity index (χ0v) is 22.7. The van der Waals surface area contributed by atoms with Gasteiger partial charge >= 0.3 is 0 Å². The number of hydrogen-bond donors (Lipinski definition) is 0. The first kappa shape index (κ1) is 30.4. The number of carbonyl (C=O) groups excluding carboxylic acids is 2. The van der Waals surface area contributed by atoms with Crippen LogP contribution in [0.15, 0.2) is 0 Å². The van der Waals surface area contributed by atoms with Gasteiger partial charge in [0.05, 0.1) is 0 Å². The summed E-state index contributed by atoms with van der Waals surface area (Å²) < 4.78 is 0. The van der Waals surface area contributed by atoms with Crippen molar-refractivity contribution in [3.8, 4) is 0 Å². The molecular weight excluding hydrogens is 559 g/mol. The lowest BCUT2D eigenvalue weighted by atomic mass is 10.1. The van der Waals surface area contributed by atoms with Crippen LogP contribution in [-0.4, -0.2) is 108 Å². The van der Waals surface area contributed by atoms with Gasteiger partial charge in [-0.15, -0.1) is 24.8 Å². The molecule has 0 bridgehead atoms. The average molecular weight is 597 g/mol. The summed E-state index contributed by atoms with van der Waals surface area (Å²) in [6, 6.07) is 0. The summed E-state index contributed by atoms with van der Waals surface area (Å²) in [5.74, 6) is 0.565. The van der Waals surface area contributed by atoms with E-state index in [2.05, 4.69) is 41.7 Å². The van der Waals surface area contributed by atoms with Crippen molar-refractivity contribution in [3.63, 3.8) is 0 Å². The van der Waals surface area contributed by atoms with Crippen LogP contribution in [0, 0.1) is 0 Å². The molecule has 2 aliphatic heterocycles. The molecule has 30 heavy (non-hydrogen) atoms. The minimum absolute atomic E-state index is 0. The lowest BCUT2D eigenvalue weighted by Crippen LogP contribution is -2.49. The molecule has 2 amide bonds. The van der Waals surface area contributed by atoms with E-state index in [0.717, 1.165) is 76.1 Å². The second-order valence-corrected chi connectivity index (χ2v) is 9.32. The number of hydrogen-bond acceptors (Lipinski definition) is 4. The molecule has 0 radical (unpaired) electrons. The monoisotopic (exact) mass is 594 g/mol. The van der Waals surface area contributed by atoms with E-state index >= 15 is 0 Å². The minimum atomic E-state index is 0. The maximum atomic E-state index is 11.9. The zero-order valence-electron chi connectivity index (χ0n) is 17.9. The fraction of sp³-hybridized carbons (Fsp3) is 0.900. The van der Waals surface area contributed by atoms with E-state index in [-0.39, 0.29) is 36.6 Å². The van der Waals surface area contributed by atoms with Crippen molar-refractivity contribution in [2.45, 2.75) is 38.5 Å². The number of amides is 2. The molecule has 2 aliphatic rings. The van der Waals surface area contributed by atoms with Crippen LogP contribution in [-0.2, 0) is 9.59 Å². The maximum absolute atomic E-state index is 11.9. The highest BCUT2D eigenvalue weighted by atomic mass is 79.9. The smallest absolute Gasteiger partial charge is 0.223 e. The molecule has 0 aromatic heterocycles. The molecule has 0 aromatic rings. The highest BCUT2D eigenvalue weighted by Gasteiger charge is 2.21. The number of piperazine rings is 2. The quantitative estimate of drug-likeness (QED) is 0.271. The van der Waals surface area contributed by atoms with Gasteiger partial charge in [0.1, 0.15) is 0 Å². The molecular formula is C20H38Br2Cl2N4O2. The molecule has 0 atom stereocenters. The Labute approximate surface area is 211 Å². The van der Waals surface area contributed by atoms with Crippen molar-refractivity contribution in [2.24, 2.45) is 0 Å². The Kier molecular flexibility index (Phi) is 18.1. The van der Waals surface area contributed by atoms with Crippen molar-refractivity contribution in [1.29, 1.82) is 0 Å². The van der Waals surface area contributed by atoms with E-state index in [4.69, 9.17) is 0 Å². The Morgan fingerprint density at radius 3 is 1.20 bits per heavy atom. The number of unbranched alkanes of at least 4 members (excludes halogenated alkanes) is 3. The van der Waals surface area contributed by atoms with Crippen LogP contribution < -0.4 is 0 Å². The third-order valence-electron chi connectivity index (χ3n) is 5.77. The van der Waals surface area contributed by atoms with Crippen molar-refractivity contribution in [3.05, 3.63) is 0 Å². The normalized spacial score (nSPS) is 17.9. The van der Waals surface area contributed by atoms with Crippen LogP contribution in [0.2, 0.25) is 0 Å². The van der Waals surface area contributed by atoms with Crippen molar-refractivity contribution in [2.75, 3.05) is 76.1 Å². The van der Waals surface area contributed by atoms with Gasteiger partial charge in [0, 0.05) is 75.9 Å². The Morgan fingerprint density at radius 2 is 0.900 bits per heavy atom. The van der Waals surface area contributed by atoms with Gasteiger partial charge in [0.25, 0.3) is 0 Å². The molecule has 0 saturated carbocycles. The van der Waals surface area contributed by atoms with Crippen LogP contribution in [0.5, 0.6) is 0 Å². The van der Waals surface area contributed by atoms with Crippen LogP contribution >= 0.6 is 56.7 Å². The number of carbonyl (C=O) groups is 2. The van der Waals surface area contributed by atoms with Gasteiger partial charge in [-0.25, -0.2) is 0 Å². The molecule has 0 spiro atoms. The highest BCUT2D eigenvalue weighted by Crippen LogP contribution is 2.10. The summed E-state index contributed by atoms with van der Waals surface area (Å²) >= 11 is 6.69. The van der Waals surface area contributed by atoms with Gasteiger partial charge in [-0.05, 0) is 25.9 Å². The Hall–Kier alpha value is 0.400. The zero-order chi connectivity index (χ0) is 20.2. The third kappa shape index (κ3) is 11.3. The molecule has 2 heterocycles. The third-order valence-corrected chi connectivity index (χ3v) is 6.56. The van der Waals surface area contributed by atoms with E-state index in [1.165, 1.54) is 25.7 Å². The first-order valence-electron chi connectivity index (χ1n) is 10.8. The number of alkyl halides is 2. The highest BCUT2D eigenvalue weighted by molar-refractivity contribution is 9.09. The first-order valence-corrected chi connectivity index (χ1v) is 13.0. The second kappa shape index (κ2) is 17.9. The van der Waals surface area contributed by atoms with Gasteiger partial charge < -0.3 is 9.80 Å². The predicted molar refractivity (Wildman–Crippen MR) is 136 cm³/mol. The van der Waals surface area contributed by atoms with Gasteiger partial charge in [-0.3, -0.25) is 19.4 Å². The Morgan fingerprint density at radius 1 is 0.567 bits per heavy atom. The lowest BCUT2D eigenvalue weighted by molar-refractivity contribution is -0.133. The maximum Gasteiger partial charge on any atom is 0.223 e. The molecule has 0 N–H and O–H groups in total. The molecule has 10 heteroatoms. The molecule has 178 valence electrons. The first-order chi connectivity index (χ1) is 13.6. The fourth-order valence-electron chi connectivity index (χ4n) is 3.94. The lowest BCUT2D eigenvalue weighted by Gasteiger charge is -2.35. The summed E-state index contributed by atoms with van der Waals surface area (Å²) in [7, 11) is 0. The summed E-state index contributed by atoms with van der Waals surface area (Å²) in [5, 5.41) is 1.52. The number of rotatable bonds is 11. The fourth-order valence-corrected chi connectivity index (χ4v) is 4.62. The molecule has 0 aliphatic carbocycles. The Bertz CT molecular complexity index is 434. The van der Waals surface area contributed by atoms with Crippen LogP contribution in [0.25, 0.3) is 0 Å². The Balaban J connectivity index is 0.00000420. The predicted octanol–water partition coefficient (Wildman–Crippen LogP) is 3.25. The van der Waals surface area contributed by atoms with Gasteiger partial charge in [-0.1, -0.05) is 44.7 Å². The van der Waals surface area contributed by atoms with Crippen molar-refractivity contribution in [1.82, 2.24) is 19.6 Å². The van der Waals surface area contributed by atoms with Crippen LogP contribution in [0.1, 0.15) is 38.5 Å². The van der Waals surface area contributed by atoms with E-state index in [9.17, 15) is 9.59 Å². The van der Waals surface area contributed by atoms with E-state index in [1.54, 1.807) is 0 Å². The summed E-state index contributed by atoms with van der Waals surface area (Å²) in [6.07, 6.45) is 6.30. The van der Waals surface area contributed by atoms with Gasteiger partial charge in [-0.2, -0.15) is 0 Å². The summed E-state index contributed by atoms with van der Waals surface area (Å²) in [4.78, 5) is 32.8. The molecule has 2 saturated heterocycles. The topological polar surface area (TPSA) is 47.1 Å². The van der Waals surface area contributed by atoms with Gasteiger partial charge in [0.2, 0.25) is 11.8 Å². The summed E-state index contributed by atoms with van der Waals surface area (Å²) in [5.41, 5.74) is 0.